The molecular formula is C21H36N4O2. The molecule has 1 aromatic heterocycles. The highest BCUT2D eigenvalue weighted by Gasteiger charge is 2.33. The van der Waals surface area contributed by atoms with Gasteiger partial charge in [0.15, 0.2) is 0 Å². The van der Waals surface area contributed by atoms with E-state index in [4.69, 9.17) is 9.52 Å². The number of aryl methyl sites for hydroxylation is 1. The van der Waals surface area contributed by atoms with E-state index in [1.165, 1.54) is 12.0 Å². The van der Waals surface area contributed by atoms with Gasteiger partial charge < -0.3 is 14.4 Å². The van der Waals surface area contributed by atoms with Crippen LogP contribution in [0.15, 0.2) is 16.1 Å². The molecule has 3 unspecified atom stereocenters. The number of hydrogen-bond donors (Lipinski definition) is 1. The zero-order valence-corrected chi connectivity index (χ0v) is 17.4. The second-order valence-electron chi connectivity index (χ2n) is 8.70. The van der Waals surface area contributed by atoms with E-state index in [9.17, 15) is 0 Å². The van der Waals surface area contributed by atoms with Crippen LogP contribution in [-0.4, -0.2) is 71.0 Å². The maximum atomic E-state index is 9.12. The maximum absolute atomic E-state index is 9.12. The van der Waals surface area contributed by atoms with Crippen LogP contribution < -0.4 is 0 Å². The minimum absolute atomic E-state index is 0.265. The zero-order chi connectivity index (χ0) is 19.4. The molecule has 6 nitrogen and oxygen atoms in total. The Bertz CT molecular complexity index is 619. The van der Waals surface area contributed by atoms with Crippen molar-refractivity contribution in [1.29, 1.82) is 0 Å². The number of β-amino-alcohol motifs (C(OH)–C–C–N with tert-alkyl or cyclic N) is 1. The number of allylic oxidation sites excluding steroid dienone is 1. The molecule has 1 aromatic rings. The zero-order valence-electron chi connectivity index (χ0n) is 17.4. The number of rotatable bonds is 7. The van der Waals surface area contributed by atoms with Gasteiger partial charge in [-0.3, -0.25) is 4.90 Å². The summed E-state index contributed by atoms with van der Waals surface area (Å²) in [7, 11) is 0. The van der Waals surface area contributed by atoms with Gasteiger partial charge in [0.2, 0.25) is 11.8 Å². The van der Waals surface area contributed by atoms with Gasteiger partial charge in [0.05, 0.1) is 6.61 Å². The third-order valence-electron chi connectivity index (χ3n) is 6.42. The van der Waals surface area contributed by atoms with Gasteiger partial charge in [-0.15, -0.1) is 10.2 Å². The molecule has 3 atom stereocenters. The lowest BCUT2D eigenvalue weighted by atomic mass is 9.69. The third-order valence-corrected chi connectivity index (χ3v) is 6.42. The number of piperazine rings is 1. The number of hydrogen-bond acceptors (Lipinski definition) is 6. The van der Waals surface area contributed by atoms with E-state index < -0.39 is 0 Å². The highest BCUT2D eigenvalue weighted by molar-refractivity contribution is 5.14. The molecule has 1 saturated heterocycles. The van der Waals surface area contributed by atoms with Crippen molar-refractivity contribution in [3.63, 3.8) is 0 Å². The van der Waals surface area contributed by atoms with E-state index in [1.807, 2.05) is 6.92 Å². The SMILES string of the molecule is CC1=CC(CN2CCN(CCO)CC2)C(C(C)C)CC1Cc1nnc(C)o1. The summed E-state index contributed by atoms with van der Waals surface area (Å²) < 4.78 is 5.63. The second kappa shape index (κ2) is 9.30. The molecule has 0 aromatic carbocycles. The van der Waals surface area contributed by atoms with Crippen molar-refractivity contribution >= 4 is 0 Å². The van der Waals surface area contributed by atoms with Gasteiger partial charge in [0.25, 0.3) is 0 Å². The third kappa shape index (κ3) is 5.39. The summed E-state index contributed by atoms with van der Waals surface area (Å²) in [5.74, 6) is 3.91. The van der Waals surface area contributed by atoms with Crippen molar-refractivity contribution in [1.82, 2.24) is 20.0 Å². The average molecular weight is 377 g/mol. The van der Waals surface area contributed by atoms with Gasteiger partial charge in [0, 0.05) is 52.6 Å². The summed E-state index contributed by atoms with van der Waals surface area (Å²) in [6.45, 7) is 15.4. The van der Waals surface area contributed by atoms with E-state index in [1.54, 1.807) is 0 Å². The van der Waals surface area contributed by atoms with Gasteiger partial charge in [-0.25, -0.2) is 0 Å². The largest absolute Gasteiger partial charge is 0.426 e. The summed E-state index contributed by atoms with van der Waals surface area (Å²) in [5.41, 5.74) is 1.48. The Kier molecular flexibility index (Phi) is 7.06. The number of aliphatic hydroxyl groups excluding tert-OH is 1. The molecule has 1 aliphatic carbocycles. The monoisotopic (exact) mass is 376 g/mol. The lowest BCUT2D eigenvalue weighted by Gasteiger charge is -2.41. The highest BCUT2D eigenvalue weighted by Crippen LogP contribution is 2.39. The molecule has 6 heteroatoms. The normalized spacial score (nSPS) is 27.9. The molecule has 3 rings (SSSR count). The Balaban J connectivity index is 1.62. The standard InChI is InChI=1S/C21H36N4O2/c1-15(2)20-12-18(13-21-23-22-17(4)27-21)16(3)11-19(20)14-25-7-5-24(6-8-25)9-10-26/h11,15,18-20,26H,5-10,12-14H2,1-4H3. The van der Waals surface area contributed by atoms with Crippen LogP contribution in [0.5, 0.6) is 0 Å². The fourth-order valence-electron chi connectivity index (χ4n) is 4.75. The van der Waals surface area contributed by atoms with Crippen molar-refractivity contribution < 1.29 is 9.52 Å². The van der Waals surface area contributed by atoms with Crippen LogP contribution in [0.3, 0.4) is 0 Å². The molecule has 0 amide bonds. The van der Waals surface area contributed by atoms with Crippen molar-refractivity contribution in [2.24, 2.45) is 23.7 Å². The Morgan fingerprint density at radius 3 is 2.44 bits per heavy atom. The molecule has 1 fully saturated rings. The summed E-state index contributed by atoms with van der Waals surface area (Å²) in [4.78, 5) is 4.97. The van der Waals surface area contributed by atoms with Crippen LogP contribution in [0.1, 0.15) is 39.0 Å². The molecule has 0 radical (unpaired) electrons. The van der Waals surface area contributed by atoms with Crippen LogP contribution in [0, 0.1) is 30.6 Å². The Hall–Kier alpha value is -1.24. The van der Waals surface area contributed by atoms with E-state index in [0.717, 1.165) is 51.6 Å². The smallest absolute Gasteiger partial charge is 0.217 e. The Labute approximate surface area is 163 Å². The lowest BCUT2D eigenvalue weighted by Crippen LogP contribution is -2.49. The van der Waals surface area contributed by atoms with Crippen molar-refractivity contribution in [3.8, 4) is 0 Å². The Morgan fingerprint density at radius 2 is 1.85 bits per heavy atom. The van der Waals surface area contributed by atoms with E-state index in [0.29, 0.717) is 29.6 Å². The van der Waals surface area contributed by atoms with Crippen molar-refractivity contribution in [2.75, 3.05) is 45.9 Å². The lowest BCUT2D eigenvalue weighted by molar-refractivity contribution is 0.0887. The molecule has 0 spiro atoms. The fraction of sp³-hybridized carbons (Fsp3) is 0.810. The minimum Gasteiger partial charge on any atom is -0.426 e. The predicted molar refractivity (Wildman–Crippen MR) is 106 cm³/mol. The van der Waals surface area contributed by atoms with Crippen LogP contribution >= 0.6 is 0 Å². The van der Waals surface area contributed by atoms with E-state index in [2.05, 4.69) is 46.8 Å². The molecule has 0 saturated carbocycles. The van der Waals surface area contributed by atoms with Crippen LogP contribution in [0.25, 0.3) is 0 Å². The summed E-state index contributed by atoms with van der Waals surface area (Å²) in [6.07, 6.45) is 4.59. The number of aliphatic hydroxyl groups is 1. The van der Waals surface area contributed by atoms with Crippen molar-refractivity contribution in [3.05, 3.63) is 23.4 Å². The predicted octanol–water partition coefficient (Wildman–Crippen LogP) is 2.39. The van der Waals surface area contributed by atoms with Crippen molar-refractivity contribution in [2.45, 2.75) is 40.5 Å². The molecular weight excluding hydrogens is 340 g/mol. The van der Waals surface area contributed by atoms with E-state index in [-0.39, 0.29) is 6.61 Å². The van der Waals surface area contributed by atoms with Gasteiger partial charge in [-0.05, 0) is 37.0 Å². The van der Waals surface area contributed by atoms with Gasteiger partial charge in [-0.2, -0.15) is 0 Å². The quantitative estimate of drug-likeness (QED) is 0.737. The summed E-state index contributed by atoms with van der Waals surface area (Å²) in [5, 5.41) is 17.3. The van der Waals surface area contributed by atoms with Gasteiger partial charge in [0.1, 0.15) is 0 Å². The first-order valence-corrected chi connectivity index (χ1v) is 10.5. The van der Waals surface area contributed by atoms with Crippen LogP contribution in [-0.2, 0) is 6.42 Å². The first kappa shape index (κ1) is 20.5. The molecule has 27 heavy (non-hydrogen) atoms. The first-order valence-electron chi connectivity index (χ1n) is 10.5. The number of nitrogens with zero attached hydrogens (tertiary/aromatic N) is 4. The van der Waals surface area contributed by atoms with Crippen LogP contribution in [0.2, 0.25) is 0 Å². The molecule has 2 heterocycles. The first-order chi connectivity index (χ1) is 13.0. The van der Waals surface area contributed by atoms with Gasteiger partial charge in [-0.1, -0.05) is 25.5 Å². The second-order valence-corrected chi connectivity index (χ2v) is 8.70. The topological polar surface area (TPSA) is 65.6 Å². The molecule has 1 aliphatic heterocycles. The van der Waals surface area contributed by atoms with Crippen LogP contribution in [0.4, 0.5) is 0 Å². The highest BCUT2D eigenvalue weighted by atomic mass is 16.4. The summed E-state index contributed by atoms with van der Waals surface area (Å²) >= 11 is 0. The molecule has 2 aliphatic rings. The Morgan fingerprint density at radius 1 is 1.15 bits per heavy atom. The average Bonchev–Trinajstić information content (AvgIpc) is 3.04. The molecule has 1 N–H and O–H groups in total. The molecule has 152 valence electrons. The fourth-order valence-corrected chi connectivity index (χ4v) is 4.75. The summed E-state index contributed by atoms with van der Waals surface area (Å²) in [6, 6.07) is 0. The minimum atomic E-state index is 0.265. The number of aromatic nitrogens is 2. The van der Waals surface area contributed by atoms with E-state index >= 15 is 0 Å². The van der Waals surface area contributed by atoms with Gasteiger partial charge >= 0.3 is 0 Å². The maximum Gasteiger partial charge on any atom is 0.217 e. The molecule has 0 bridgehead atoms.